The first kappa shape index (κ1) is 15.4. The Balaban J connectivity index is 3.13. The smallest absolute Gasteiger partial charge is 0.222 e. The van der Waals surface area contributed by atoms with E-state index in [9.17, 15) is 4.79 Å². The number of rotatable bonds is 9. The maximum absolute atomic E-state index is 11.2. The maximum Gasteiger partial charge on any atom is 0.222 e. The first-order valence-electron chi connectivity index (χ1n) is 6.02. The molecule has 0 saturated heterocycles. The van der Waals surface area contributed by atoms with Gasteiger partial charge in [-0.15, -0.1) is 0 Å². The minimum absolute atomic E-state index is 0.192. The highest BCUT2D eigenvalue weighted by atomic mass is 16.5. The summed E-state index contributed by atoms with van der Waals surface area (Å²) in [6, 6.07) is 0. The fourth-order valence-corrected chi connectivity index (χ4v) is 1.18. The number of ether oxygens (including phenoxy) is 1. The molecule has 0 aliphatic rings. The van der Waals surface area contributed by atoms with Crippen LogP contribution in [0.25, 0.3) is 0 Å². The molecule has 16 heavy (non-hydrogen) atoms. The van der Waals surface area contributed by atoms with E-state index in [1.807, 2.05) is 0 Å². The van der Waals surface area contributed by atoms with Crippen LogP contribution in [0.4, 0.5) is 0 Å². The van der Waals surface area contributed by atoms with Gasteiger partial charge < -0.3 is 15.0 Å². The van der Waals surface area contributed by atoms with Crippen molar-refractivity contribution in [1.29, 1.82) is 0 Å². The quantitative estimate of drug-likeness (QED) is 0.603. The van der Waals surface area contributed by atoms with E-state index in [1.165, 1.54) is 0 Å². The average Bonchev–Trinajstić information content (AvgIpc) is 2.21. The van der Waals surface area contributed by atoms with Gasteiger partial charge in [-0.2, -0.15) is 0 Å². The number of nitrogens with zero attached hydrogens (tertiary/aromatic N) is 1. The first-order chi connectivity index (χ1) is 7.54. The normalized spacial score (nSPS) is 10.8. The average molecular weight is 230 g/mol. The molecule has 1 amide bonds. The van der Waals surface area contributed by atoms with E-state index >= 15 is 0 Å². The number of hydrogen-bond acceptors (Lipinski definition) is 3. The molecule has 0 atom stereocenters. The van der Waals surface area contributed by atoms with Gasteiger partial charge in [-0.1, -0.05) is 13.8 Å². The first-order valence-corrected chi connectivity index (χ1v) is 6.02. The van der Waals surface area contributed by atoms with Crippen molar-refractivity contribution >= 4 is 5.91 Å². The topological polar surface area (TPSA) is 41.6 Å². The van der Waals surface area contributed by atoms with Gasteiger partial charge in [-0.05, 0) is 18.9 Å². The van der Waals surface area contributed by atoms with Crippen LogP contribution < -0.4 is 5.32 Å². The van der Waals surface area contributed by atoms with E-state index < -0.39 is 0 Å². The van der Waals surface area contributed by atoms with Crippen molar-refractivity contribution in [2.75, 3.05) is 40.4 Å². The predicted molar refractivity (Wildman–Crippen MR) is 66.5 cm³/mol. The summed E-state index contributed by atoms with van der Waals surface area (Å²) in [5, 5.41) is 3.26. The SMILES string of the molecule is CC(C)COCCNCCCC(=O)N(C)C. The molecule has 0 saturated carbocycles. The number of carbonyl (C=O) groups is 1. The Morgan fingerprint density at radius 3 is 2.56 bits per heavy atom. The van der Waals surface area contributed by atoms with E-state index in [4.69, 9.17) is 4.74 Å². The van der Waals surface area contributed by atoms with Crippen molar-refractivity contribution < 1.29 is 9.53 Å². The van der Waals surface area contributed by atoms with Crippen LogP contribution in [0.15, 0.2) is 0 Å². The van der Waals surface area contributed by atoms with Crippen LogP contribution in [-0.2, 0) is 9.53 Å². The fraction of sp³-hybridized carbons (Fsp3) is 0.917. The molecular weight excluding hydrogens is 204 g/mol. The summed E-state index contributed by atoms with van der Waals surface area (Å²) in [5.41, 5.74) is 0. The zero-order valence-electron chi connectivity index (χ0n) is 11.1. The van der Waals surface area contributed by atoms with E-state index in [2.05, 4.69) is 19.2 Å². The molecule has 0 aliphatic heterocycles. The molecule has 0 rings (SSSR count). The van der Waals surface area contributed by atoms with Gasteiger partial charge in [0.15, 0.2) is 0 Å². The molecule has 4 heteroatoms. The molecule has 0 fully saturated rings. The molecule has 1 N–H and O–H groups in total. The third kappa shape index (κ3) is 9.93. The molecule has 96 valence electrons. The second-order valence-electron chi connectivity index (χ2n) is 4.61. The van der Waals surface area contributed by atoms with Gasteiger partial charge in [0.1, 0.15) is 0 Å². The molecular formula is C12H26N2O2. The summed E-state index contributed by atoms with van der Waals surface area (Å²) < 4.78 is 5.42. The summed E-state index contributed by atoms with van der Waals surface area (Å²) in [4.78, 5) is 12.9. The van der Waals surface area contributed by atoms with Gasteiger partial charge >= 0.3 is 0 Å². The van der Waals surface area contributed by atoms with E-state index in [1.54, 1.807) is 19.0 Å². The third-order valence-electron chi connectivity index (χ3n) is 2.12. The minimum atomic E-state index is 0.192. The highest BCUT2D eigenvalue weighted by Crippen LogP contribution is 1.92. The van der Waals surface area contributed by atoms with Crippen molar-refractivity contribution in [3.63, 3.8) is 0 Å². The van der Waals surface area contributed by atoms with E-state index in [-0.39, 0.29) is 5.91 Å². The lowest BCUT2D eigenvalue weighted by Crippen LogP contribution is -2.25. The van der Waals surface area contributed by atoms with Crippen LogP contribution in [0.1, 0.15) is 26.7 Å². The van der Waals surface area contributed by atoms with Crippen molar-refractivity contribution in [1.82, 2.24) is 10.2 Å². The Morgan fingerprint density at radius 2 is 2.00 bits per heavy atom. The van der Waals surface area contributed by atoms with E-state index in [0.29, 0.717) is 12.3 Å². The third-order valence-corrected chi connectivity index (χ3v) is 2.12. The fourth-order valence-electron chi connectivity index (χ4n) is 1.18. The summed E-state index contributed by atoms with van der Waals surface area (Å²) in [7, 11) is 3.57. The molecule has 0 spiro atoms. The molecule has 0 aromatic rings. The van der Waals surface area contributed by atoms with Crippen LogP contribution in [-0.4, -0.2) is 51.2 Å². The molecule has 0 aromatic carbocycles. The van der Waals surface area contributed by atoms with Gasteiger partial charge in [-0.25, -0.2) is 0 Å². The number of amides is 1. The molecule has 0 radical (unpaired) electrons. The Morgan fingerprint density at radius 1 is 1.31 bits per heavy atom. The second-order valence-corrected chi connectivity index (χ2v) is 4.61. The highest BCUT2D eigenvalue weighted by molar-refractivity contribution is 5.75. The van der Waals surface area contributed by atoms with E-state index in [0.717, 1.165) is 32.7 Å². The molecule has 4 nitrogen and oxygen atoms in total. The molecule has 0 aliphatic carbocycles. The van der Waals surface area contributed by atoms with Crippen molar-refractivity contribution in [2.45, 2.75) is 26.7 Å². The Kier molecular flexibility index (Phi) is 9.24. The summed E-state index contributed by atoms with van der Waals surface area (Å²) in [6.07, 6.45) is 1.51. The maximum atomic E-state index is 11.2. The zero-order valence-corrected chi connectivity index (χ0v) is 11.1. The van der Waals surface area contributed by atoms with Crippen LogP contribution in [0, 0.1) is 5.92 Å². The largest absolute Gasteiger partial charge is 0.380 e. The molecule has 0 aromatic heterocycles. The van der Waals surface area contributed by atoms with Crippen LogP contribution in [0.2, 0.25) is 0 Å². The summed E-state index contributed by atoms with van der Waals surface area (Å²) in [5.74, 6) is 0.788. The number of carbonyl (C=O) groups excluding carboxylic acids is 1. The number of hydrogen-bond donors (Lipinski definition) is 1. The summed E-state index contributed by atoms with van der Waals surface area (Å²) >= 11 is 0. The van der Waals surface area contributed by atoms with Crippen LogP contribution >= 0.6 is 0 Å². The minimum Gasteiger partial charge on any atom is -0.380 e. The van der Waals surface area contributed by atoms with Gasteiger partial charge in [0.2, 0.25) is 5.91 Å². The standard InChI is InChI=1S/C12H26N2O2/c1-11(2)10-16-9-8-13-7-5-6-12(15)14(3)4/h11,13H,5-10H2,1-4H3. The number of nitrogens with one attached hydrogen (secondary N) is 1. The summed E-state index contributed by atoms with van der Waals surface area (Å²) in [6.45, 7) is 7.59. The van der Waals surface area contributed by atoms with Gasteiger partial charge in [0.05, 0.1) is 6.61 Å². The molecule has 0 bridgehead atoms. The Labute approximate surface area is 99.3 Å². The van der Waals surface area contributed by atoms with Gasteiger partial charge in [0.25, 0.3) is 0 Å². The van der Waals surface area contributed by atoms with Crippen LogP contribution in [0.5, 0.6) is 0 Å². The predicted octanol–water partition coefficient (Wildman–Crippen LogP) is 1.12. The van der Waals surface area contributed by atoms with Crippen molar-refractivity contribution in [3.8, 4) is 0 Å². The monoisotopic (exact) mass is 230 g/mol. The van der Waals surface area contributed by atoms with Crippen LogP contribution in [0.3, 0.4) is 0 Å². The molecule has 0 heterocycles. The second kappa shape index (κ2) is 9.60. The zero-order chi connectivity index (χ0) is 12.4. The lowest BCUT2D eigenvalue weighted by molar-refractivity contribution is -0.128. The van der Waals surface area contributed by atoms with Crippen molar-refractivity contribution in [2.24, 2.45) is 5.92 Å². The molecule has 0 unspecified atom stereocenters. The highest BCUT2D eigenvalue weighted by Gasteiger charge is 2.02. The Hall–Kier alpha value is -0.610. The van der Waals surface area contributed by atoms with Crippen molar-refractivity contribution in [3.05, 3.63) is 0 Å². The Bertz CT molecular complexity index is 182. The lowest BCUT2D eigenvalue weighted by atomic mass is 10.2. The van der Waals surface area contributed by atoms with Gasteiger partial charge in [-0.3, -0.25) is 4.79 Å². The lowest BCUT2D eigenvalue weighted by Gasteiger charge is -2.10. The van der Waals surface area contributed by atoms with Gasteiger partial charge in [0, 0.05) is 33.7 Å².